The van der Waals surface area contributed by atoms with E-state index < -0.39 is 0 Å². The van der Waals surface area contributed by atoms with Crippen LogP contribution in [0.5, 0.6) is 0 Å². The van der Waals surface area contributed by atoms with Crippen molar-refractivity contribution in [3.63, 3.8) is 0 Å². The second-order valence-corrected chi connectivity index (χ2v) is 5.72. The van der Waals surface area contributed by atoms with E-state index in [2.05, 4.69) is 48.4 Å². The highest BCUT2D eigenvalue weighted by Crippen LogP contribution is 2.41. The lowest BCUT2D eigenvalue weighted by Gasteiger charge is -2.47. The van der Waals surface area contributed by atoms with Gasteiger partial charge in [-0.1, -0.05) is 42.5 Å². The number of nitrogens with zero attached hydrogens (tertiary/aromatic N) is 1. The van der Waals surface area contributed by atoms with E-state index >= 15 is 0 Å². The fourth-order valence-corrected chi connectivity index (χ4v) is 3.39. The predicted molar refractivity (Wildman–Crippen MR) is 86.5 cm³/mol. The first kappa shape index (κ1) is 15.0. The second kappa shape index (κ2) is 6.87. The van der Waals surface area contributed by atoms with Gasteiger partial charge in [-0.15, -0.1) is 13.2 Å². The Morgan fingerprint density at radius 2 is 1.65 bits per heavy atom. The Kier molecular flexibility index (Phi) is 5.16. The van der Waals surface area contributed by atoms with Crippen LogP contribution < -0.4 is 5.73 Å². The Morgan fingerprint density at radius 1 is 1.10 bits per heavy atom. The molecule has 1 saturated carbocycles. The van der Waals surface area contributed by atoms with Crippen LogP contribution >= 0.6 is 0 Å². The molecule has 1 aliphatic rings. The monoisotopic (exact) mass is 270 g/mol. The molecular weight excluding hydrogens is 244 g/mol. The number of hydrogen-bond donors (Lipinski definition) is 1. The minimum atomic E-state index is 0.0828. The van der Waals surface area contributed by atoms with Crippen molar-refractivity contribution in [2.24, 2.45) is 5.73 Å². The average molecular weight is 270 g/mol. The molecule has 20 heavy (non-hydrogen) atoms. The quantitative estimate of drug-likeness (QED) is 0.802. The maximum Gasteiger partial charge on any atom is 0.0468 e. The molecule has 1 fully saturated rings. The van der Waals surface area contributed by atoms with E-state index in [0.29, 0.717) is 6.04 Å². The van der Waals surface area contributed by atoms with Gasteiger partial charge in [0.05, 0.1) is 0 Å². The molecule has 0 saturated heterocycles. The van der Waals surface area contributed by atoms with Gasteiger partial charge >= 0.3 is 0 Å². The summed E-state index contributed by atoms with van der Waals surface area (Å²) in [5.74, 6) is 0. The predicted octanol–water partition coefficient (Wildman–Crippen LogP) is 3.46. The molecule has 0 aliphatic heterocycles. The number of rotatable bonds is 6. The van der Waals surface area contributed by atoms with Crippen LogP contribution in [0.4, 0.5) is 0 Å². The van der Waals surface area contributed by atoms with Crippen molar-refractivity contribution >= 4 is 0 Å². The van der Waals surface area contributed by atoms with Crippen LogP contribution in [0.3, 0.4) is 0 Å². The molecule has 2 heteroatoms. The fourth-order valence-electron chi connectivity index (χ4n) is 3.39. The summed E-state index contributed by atoms with van der Waals surface area (Å²) in [6.45, 7) is 9.60. The minimum Gasteiger partial charge on any atom is -0.328 e. The molecule has 2 nitrogen and oxygen atoms in total. The summed E-state index contributed by atoms with van der Waals surface area (Å²) in [7, 11) is 0. The molecule has 108 valence electrons. The third-order valence-corrected chi connectivity index (χ3v) is 4.47. The van der Waals surface area contributed by atoms with Crippen molar-refractivity contribution in [1.82, 2.24) is 4.90 Å². The number of nitrogens with two attached hydrogens (primary N) is 1. The van der Waals surface area contributed by atoms with Gasteiger partial charge in [0.25, 0.3) is 0 Å². The number of benzene rings is 1. The molecule has 2 N–H and O–H groups in total. The minimum absolute atomic E-state index is 0.0828. The van der Waals surface area contributed by atoms with Gasteiger partial charge in [0, 0.05) is 24.7 Å². The molecule has 0 bridgehead atoms. The van der Waals surface area contributed by atoms with Gasteiger partial charge in [0.2, 0.25) is 0 Å². The van der Waals surface area contributed by atoms with E-state index in [9.17, 15) is 0 Å². The van der Waals surface area contributed by atoms with E-state index in [-0.39, 0.29) is 5.54 Å². The van der Waals surface area contributed by atoms with E-state index in [0.717, 1.165) is 38.8 Å². The third kappa shape index (κ3) is 3.02. The van der Waals surface area contributed by atoms with Crippen molar-refractivity contribution < 1.29 is 0 Å². The van der Waals surface area contributed by atoms with E-state index in [1.165, 1.54) is 5.56 Å². The van der Waals surface area contributed by atoms with Crippen molar-refractivity contribution in [3.05, 3.63) is 61.2 Å². The van der Waals surface area contributed by atoms with E-state index in [1.807, 2.05) is 12.2 Å². The Morgan fingerprint density at radius 3 is 2.15 bits per heavy atom. The summed E-state index contributed by atoms with van der Waals surface area (Å²) in [5, 5.41) is 0. The molecular formula is C18H26N2. The summed E-state index contributed by atoms with van der Waals surface area (Å²) in [6.07, 6.45) is 8.37. The molecule has 0 heterocycles. The first-order chi connectivity index (χ1) is 9.73. The molecule has 0 atom stereocenters. The van der Waals surface area contributed by atoms with Gasteiger partial charge in [-0.05, 0) is 31.2 Å². The van der Waals surface area contributed by atoms with Crippen LogP contribution in [-0.4, -0.2) is 24.0 Å². The zero-order chi connectivity index (χ0) is 14.4. The van der Waals surface area contributed by atoms with Crippen molar-refractivity contribution in [1.29, 1.82) is 0 Å². The van der Waals surface area contributed by atoms with Gasteiger partial charge in [-0.25, -0.2) is 0 Å². The maximum atomic E-state index is 6.12. The lowest BCUT2D eigenvalue weighted by molar-refractivity contribution is 0.0636. The number of hydrogen-bond acceptors (Lipinski definition) is 2. The van der Waals surface area contributed by atoms with Gasteiger partial charge < -0.3 is 5.73 Å². The standard InChI is InChI=1S/C18H26N2/c1-3-14-20(15-4-2)18(12-10-17(19)11-13-18)16-8-6-5-7-9-16/h3-9,17H,1-2,10-15,19H2. The van der Waals surface area contributed by atoms with Crippen LogP contribution in [0.15, 0.2) is 55.6 Å². The van der Waals surface area contributed by atoms with Crippen LogP contribution in [0.1, 0.15) is 31.2 Å². The van der Waals surface area contributed by atoms with Crippen molar-refractivity contribution in [2.45, 2.75) is 37.3 Å². The van der Waals surface area contributed by atoms with Gasteiger partial charge in [0.15, 0.2) is 0 Å². The van der Waals surface area contributed by atoms with Crippen LogP contribution in [0.2, 0.25) is 0 Å². The smallest absolute Gasteiger partial charge is 0.0468 e. The van der Waals surface area contributed by atoms with Crippen LogP contribution in [0, 0.1) is 0 Å². The van der Waals surface area contributed by atoms with Crippen molar-refractivity contribution in [2.75, 3.05) is 13.1 Å². The van der Waals surface area contributed by atoms with Gasteiger partial charge in [-0.2, -0.15) is 0 Å². The highest BCUT2D eigenvalue weighted by atomic mass is 15.2. The lowest BCUT2D eigenvalue weighted by atomic mass is 9.73. The molecule has 0 aromatic heterocycles. The maximum absolute atomic E-state index is 6.12. The summed E-state index contributed by atoms with van der Waals surface area (Å²) < 4.78 is 0. The van der Waals surface area contributed by atoms with Gasteiger partial charge in [0.1, 0.15) is 0 Å². The second-order valence-electron chi connectivity index (χ2n) is 5.72. The van der Waals surface area contributed by atoms with Gasteiger partial charge in [-0.3, -0.25) is 4.90 Å². The summed E-state index contributed by atoms with van der Waals surface area (Å²) >= 11 is 0. The van der Waals surface area contributed by atoms with E-state index in [4.69, 9.17) is 5.73 Å². The topological polar surface area (TPSA) is 29.3 Å². The molecule has 1 aliphatic carbocycles. The highest BCUT2D eigenvalue weighted by molar-refractivity contribution is 5.26. The average Bonchev–Trinajstić information content (AvgIpc) is 2.49. The Bertz CT molecular complexity index is 420. The summed E-state index contributed by atoms with van der Waals surface area (Å²) in [4.78, 5) is 2.49. The van der Waals surface area contributed by atoms with Crippen molar-refractivity contribution in [3.8, 4) is 0 Å². The fraction of sp³-hybridized carbons (Fsp3) is 0.444. The SMILES string of the molecule is C=CCN(CC=C)C1(c2ccccc2)CCC(N)CC1. The molecule has 0 unspecified atom stereocenters. The molecule has 1 aromatic rings. The molecule has 2 rings (SSSR count). The van der Waals surface area contributed by atoms with E-state index in [1.54, 1.807) is 0 Å². The third-order valence-electron chi connectivity index (χ3n) is 4.47. The normalized spacial score (nSPS) is 26.4. The van der Waals surface area contributed by atoms with Crippen LogP contribution in [-0.2, 0) is 5.54 Å². The van der Waals surface area contributed by atoms with Crippen LogP contribution in [0.25, 0.3) is 0 Å². The highest BCUT2D eigenvalue weighted by Gasteiger charge is 2.40. The molecule has 1 aromatic carbocycles. The Labute approximate surface area is 123 Å². The summed E-state index contributed by atoms with van der Waals surface area (Å²) in [6, 6.07) is 11.2. The first-order valence-electron chi connectivity index (χ1n) is 7.51. The summed E-state index contributed by atoms with van der Waals surface area (Å²) in [5.41, 5.74) is 7.60. The first-order valence-corrected chi connectivity index (χ1v) is 7.51. The lowest BCUT2D eigenvalue weighted by Crippen LogP contribution is -2.50. The Balaban J connectivity index is 2.37. The molecule has 0 radical (unpaired) electrons. The molecule has 0 spiro atoms. The molecule has 0 amide bonds. The Hall–Kier alpha value is -1.38. The zero-order valence-corrected chi connectivity index (χ0v) is 12.3. The zero-order valence-electron chi connectivity index (χ0n) is 12.3. The largest absolute Gasteiger partial charge is 0.328 e.